The molecule has 2 fully saturated rings. The van der Waals surface area contributed by atoms with Gasteiger partial charge in [-0.05, 0) is 38.2 Å². The first-order valence-corrected chi connectivity index (χ1v) is 9.61. The van der Waals surface area contributed by atoms with E-state index < -0.39 is 0 Å². The maximum Gasteiger partial charge on any atom is 0.234 e. The molecule has 0 aromatic carbocycles. The smallest absolute Gasteiger partial charge is 0.234 e. The Morgan fingerprint density at radius 2 is 2.12 bits per heavy atom. The quantitative estimate of drug-likeness (QED) is 0.856. The van der Waals surface area contributed by atoms with Crippen molar-refractivity contribution in [3.05, 3.63) is 30.4 Å². The molecule has 7 nitrogen and oxygen atoms in total. The number of rotatable bonds is 6. The van der Waals surface area contributed by atoms with Crippen LogP contribution in [0.2, 0.25) is 0 Å². The number of ether oxygens (including phenoxy) is 2. The zero-order valence-corrected chi connectivity index (χ0v) is 15.3. The highest BCUT2D eigenvalue weighted by Crippen LogP contribution is 2.34. The predicted molar refractivity (Wildman–Crippen MR) is 98.0 cm³/mol. The lowest BCUT2D eigenvalue weighted by atomic mass is 9.98. The van der Waals surface area contributed by atoms with Crippen molar-refractivity contribution < 1.29 is 9.47 Å². The molecule has 0 radical (unpaired) electrons. The Labute approximate surface area is 154 Å². The highest BCUT2D eigenvalue weighted by atomic mass is 16.5. The second-order valence-electron chi connectivity index (χ2n) is 7.22. The third-order valence-electron chi connectivity index (χ3n) is 5.36. The van der Waals surface area contributed by atoms with Gasteiger partial charge in [0.15, 0.2) is 0 Å². The van der Waals surface area contributed by atoms with Crippen LogP contribution in [0.25, 0.3) is 0 Å². The second-order valence-corrected chi connectivity index (χ2v) is 7.22. The van der Waals surface area contributed by atoms with Gasteiger partial charge in [-0.15, -0.1) is 0 Å². The first kappa shape index (κ1) is 17.3. The molecule has 7 heteroatoms. The molecule has 2 atom stereocenters. The van der Waals surface area contributed by atoms with E-state index in [0.29, 0.717) is 11.8 Å². The summed E-state index contributed by atoms with van der Waals surface area (Å²) in [6.07, 6.45) is 12.7. The van der Waals surface area contributed by atoms with E-state index in [1.165, 1.54) is 19.3 Å². The van der Waals surface area contributed by atoms with Crippen LogP contribution in [-0.4, -0.2) is 39.0 Å². The minimum Gasteiger partial charge on any atom is -0.473 e. The summed E-state index contributed by atoms with van der Waals surface area (Å²) in [4.78, 5) is 8.86. The molecule has 2 aromatic heterocycles. The number of anilines is 1. The average molecular weight is 357 g/mol. The van der Waals surface area contributed by atoms with Gasteiger partial charge in [0.05, 0.1) is 18.1 Å². The molecular formula is C19H27N5O2. The van der Waals surface area contributed by atoms with Crippen molar-refractivity contribution in [3.63, 3.8) is 0 Å². The Hall–Kier alpha value is -2.15. The van der Waals surface area contributed by atoms with Crippen LogP contribution in [-0.2, 0) is 11.8 Å². The molecule has 1 saturated heterocycles. The normalized spacial score (nSPS) is 23.9. The van der Waals surface area contributed by atoms with E-state index >= 15 is 0 Å². The molecule has 0 amide bonds. The highest BCUT2D eigenvalue weighted by Gasteiger charge is 2.31. The number of aryl methyl sites for hydroxylation is 1. The maximum absolute atomic E-state index is 6.01. The molecule has 0 spiro atoms. The van der Waals surface area contributed by atoms with Crippen LogP contribution < -0.4 is 10.1 Å². The topological polar surface area (TPSA) is 74.1 Å². The van der Waals surface area contributed by atoms with Gasteiger partial charge in [-0.2, -0.15) is 10.1 Å². The lowest BCUT2D eigenvalue weighted by Crippen LogP contribution is -2.21. The molecular weight excluding hydrogens is 330 g/mol. The molecule has 1 N–H and O–H groups in total. The summed E-state index contributed by atoms with van der Waals surface area (Å²) >= 11 is 0. The summed E-state index contributed by atoms with van der Waals surface area (Å²) in [6.45, 7) is 1.57. The van der Waals surface area contributed by atoms with Crippen molar-refractivity contribution >= 4 is 5.82 Å². The molecule has 2 aliphatic rings. The summed E-state index contributed by atoms with van der Waals surface area (Å²) in [7, 11) is 1.96. The fraction of sp³-hybridized carbons (Fsp3) is 0.632. The average Bonchev–Trinajstić information content (AvgIpc) is 3.29. The second kappa shape index (κ2) is 8.03. The molecule has 1 aliphatic carbocycles. The molecule has 1 aliphatic heterocycles. The SMILES string of the molecule is Cn1nccc1[C@@H]1OCC[C@H]1CNc1cncc(OC2CCCCC2)n1. The van der Waals surface area contributed by atoms with Crippen molar-refractivity contribution in [2.45, 2.75) is 50.7 Å². The summed E-state index contributed by atoms with van der Waals surface area (Å²) in [5.41, 5.74) is 1.12. The fourth-order valence-electron chi connectivity index (χ4n) is 3.91. The zero-order chi connectivity index (χ0) is 17.8. The number of nitrogens with one attached hydrogen (secondary N) is 1. The largest absolute Gasteiger partial charge is 0.473 e. The summed E-state index contributed by atoms with van der Waals surface area (Å²) in [5, 5.41) is 7.67. The standard InChI is InChI=1S/C19H27N5O2/c1-24-16(7-9-22-24)19-14(8-10-25-19)11-21-17-12-20-13-18(23-17)26-15-5-3-2-4-6-15/h7,9,12-15,19H,2-6,8,10-11H2,1H3,(H,21,23)/t14-,19+/m0/s1. The van der Waals surface area contributed by atoms with E-state index in [2.05, 4.69) is 20.4 Å². The van der Waals surface area contributed by atoms with Gasteiger partial charge in [0.1, 0.15) is 18.0 Å². The van der Waals surface area contributed by atoms with Gasteiger partial charge in [-0.3, -0.25) is 9.67 Å². The van der Waals surface area contributed by atoms with Gasteiger partial charge in [-0.25, -0.2) is 0 Å². The van der Waals surface area contributed by atoms with Crippen LogP contribution in [0.4, 0.5) is 5.82 Å². The Morgan fingerprint density at radius 3 is 2.92 bits per heavy atom. The van der Waals surface area contributed by atoms with Crippen LogP contribution in [0.5, 0.6) is 5.88 Å². The van der Waals surface area contributed by atoms with Crippen molar-refractivity contribution in [3.8, 4) is 5.88 Å². The molecule has 140 valence electrons. The minimum absolute atomic E-state index is 0.0737. The Kier molecular flexibility index (Phi) is 5.34. The molecule has 4 rings (SSSR count). The monoisotopic (exact) mass is 357 g/mol. The Balaban J connectivity index is 1.35. The molecule has 0 unspecified atom stereocenters. The van der Waals surface area contributed by atoms with Crippen molar-refractivity contribution in [1.82, 2.24) is 19.7 Å². The van der Waals surface area contributed by atoms with E-state index in [9.17, 15) is 0 Å². The van der Waals surface area contributed by atoms with E-state index in [4.69, 9.17) is 9.47 Å². The first-order chi connectivity index (χ1) is 12.8. The summed E-state index contributed by atoms with van der Waals surface area (Å²) < 4.78 is 13.8. The maximum atomic E-state index is 6.01. The number of nitrogens with zero attached hydrogens (tertiary/aromatic N) is 4. The fourth-order valence-corrected chi connectivity index (χ4v) is 3.91. The Morgan fingerprint density at radius 1 is 1.23 bits per heavy atom. The van der Waals surface area contributed by atoms with Crippen LogP contribution in [0.3, 0.4) is 0 Å². The third kappa shape index (κ3) is 3.98. The van der Waals surface area contributed by atoms with Gasteiger partial charge in [-0.1, -0.05) is 6.42 Å². The van der Waals surface area contributed by atoms with Crippen molar-refractivity contribution in [2.24, 2.45) is 13.0 Å². The van der Waals surface area contributed by atoms with E-state index in [0.717, 1.165) is 43.9 Å². The van der Waals surface area contributed by atoms with E-state index in [-0.39, 0.29) is 12.2 Å². The van der Waals surface area contributed by atoms with Crippen molar-refractivity contribution in [2.75, 3.05) is 18.5 Å². The molecule has 1 saturated carbocycles. The van der Waals surface area contributed by atoms with Crippen molar-refractivity contribution in [1.29, 1.82) is 0 Å². The first-order valence-electron chi connectivity index (χ1n) is 9.61. The van der Waals surface area contributed by atoms with Crippen LogP contribution in [0.15, 0.2) is 24.7 Å². The predicted octanol–water partition coefficient (Wildman–Crippen LogP) is 3.11. The van der Waals surface area contributed by atoms with Gasteiger partial charge in [0.25, 0.3) is 0 Å². The van der Waals surface area contributed by atoms with Gasteiger partial charge in [0.2, 0.25) is 5.88 Å². The molecule has 0 bridgehead atoms. The zero-order valence-electron chi connectivity index (χ0n) is 15.3. The Bertz CT molecular complexity index is 713. The van der Waals surface area contributed by atoms with Crippen LogP contribution in [0, 0.1) is 5.92 Å². The van der Waals surface area contributed by atoms with Gasteiger partial charge >= 0.3 is 0 Å². The lowest BCUT2D eigenvalue weighted by molar-refractivity contribution is 0.0866. The molecule has 2 aromatic rings. The summed E-state index contributed by atoms with van der Waals surface area (Å²) in [6, 6.07) is 2.03. The third-order valence-corrected chi connectivity index (χ3v) is 5.36. The van der Waals surface area contributed by atoms with Gasteiger partial charge < -0.3 is 14.8 Å². The van der Waals surface area contributed by atoms with E-state index in [1.807, 2.05) is 24.0 Å². The number of hydrogen-bond acceptors (Lipinski definition) is 6. The van der Waals surface area contributed by atoms with Gasteiger partial charge in [0, 0.05) is 32.3 Å². The number of hydrogen-bond donors (Lipinski definition) is 1. The summed E-state index contributed by atoms with van der Waals surface area (Å²) in [5.74, 6) is 1.76. The molecule has 3 heterocycles. The minimum atomic E-state index is 0.0737. The lowest BCUT2D eigenvalue weighted by Gasteiger charge is -2.22. The van der Waals surface area contributed by atoms with E-state index in [1.54, 1.807) is 12.4 Å². The highest BCUT2D eigenvalue weighted by molar-refractivity contribution is 5.33. The van der Waals surface area contributed by atoms with Crippen LogP contribution >= 0.6 is 0 Å². The van der Waals surface area contributed by atoms with Crippen LogP contribution in [0.1, 0.15) is 50.3 Å². The number of aromatic nitrogens is 4. The molecule has 26 heavy (non-hydrogen) atoms.